The van der Waals surface area contributed by atoms with E-state index in [1.807, 2.05) is 13.8 Å². The largest absolute Gasteiger partial charge is 0.369 e. The Labute approximate surface area is 188 Å². The van der Waals surface area contributed by atoms with E-state index in [-0.39, 0.29) is 37.9 Å². The minimum atomic E-state index is -0.667. The number of fused-ring (bicyclic) bond motifs is 2. The second kappa shape index (κ2) is 13.1. The van der Waals surface area contributed by atoms with E-state index >= 15 is 0 Å². The maximum atomic E-state index is 12.7. The molecule has 3 atom stereocenters. The number of hydrazine groups is 1. The molecule has 2 aliphatic heterocycles. The molecule has 0 aromatic rings. The van der Waals surface area contributed by atoms with Gasteiger partial charge >= 0.3 is 6.03 Å². The van der Waals surface area contributed by atoms with Gasteiger partial charge < -0.3 is 9.64 Å². The van der Waals surface area contributed by atoms with Crippen molar-refractivity contribution in [3.05, 3.63) is 0 Å². The molecule has 2 heterocycles. The zero-order valence-electron chi connectivity index (χ0n) is 19.0. The van der Waals surface area contributed by atoms with Crippen molar-refractivity contribution < 1.29 is 28.8 Å². The summed E-state index contributed by atoms with van der Waals surface area (Å²) < 4.78 is 5.14. The number of piperidine rings is 1. The van der Waals surface area contributed by atoms with Crippen LogP contribution in [0.25, 0.3) is 0 Å². The van der Waals surface area contributed by atoms with Gasteiger partial charge in [0.2, 0.25) is 6.08 Å². The molecule has 4 amide bonds. The number of amides is 4. The Balaban J connectivity index is 1.86. The van der Waals surface area contributed by atoms with E-state index in [0.29, 0.717) is 32.4 Å². The number of isocyanates is 1. The molecule has 0 radical (unpaired) electrons. The van der Waals surface area contributed by atoms with Crippen molar-refractivity contribution in [3.8, 4) is 0 Å². The van der Waals surface area contributed by atoms with E-state index in [2.05, 4.69) is 15.8 Å². The van der Waals surface area contributed by atoms with Gasteiger partial charge in [-0.05, 0) is 25.7 Å². The number of unbranched alkanes of at least 4 members (excludes halogenated alkanes) is 1. The smallest absolute Gasteiger partial charge is 0.345 e. The summed E-state index contributed by atoms with van der Waals surface area (Å²) in [5.74, 6) is -0.897. The molecule has 0 aromatic heterocycles. The number of carbonyl (C=O) groups is 3. The Morgan fingerprint density at radius 1 is 1.31 bits per heavy atom. The molecule has 0 saturated carbocycles. The Kier molecular flexibility index (Phi) is 10.5. The SMILES string of the molecule is CCCCON1C(=O)N2C[C@@H]1CC[C@H]2C(=O)NNC(=O)CN(COC)C(CC)CN=C=O. The van der Waals surface area contributed by atoms with Gasteiger partial charge in [0.25, 0.3) is 11.8 Å². The van der Waals surface area contributed by atoms with E-state index < -0.39 is 17.9 Å². The van der Waals surface area contributed by atoms with Gasteiger partial charge in [0, 0.05) is 19.7 Å². The summed E-state index contributed by atoms with van der Waals surface area (Å²) in [6.07, 6.45) is 5.10. The second-order valence-electron chi connectivity index (χ2n) is 7.89. The minimum Gasteiger partial charge on any atom is -0.369 e. The van der Waals surface area contributed by atoms with Crippen molar-refractivity contribution in [2.45, 2.75) is 64.1 Å². The van der Waals surface area contributed by atoms with Crippen molar-refractivity contribution in [1.82, 2.24) is 25.7 Å². The number of nitrogens with zero attached hydrogens (tertiary/aromatic N) is 4. The molecule has 32 heavy (non-hydrogen) atoms. The Hall–Kier alpha value is -2.53. The van der Waals surface area contributed by atoms with Gasteiger partial charge in [-0.25, -0.2) is 14.6 Å². The van der Waals surface area contributed by atoms with Crippen molar-refractivity contribution in [2.75, 3.05) is 40.1 Å². The Morgan fingerprint density at radius 3 is 2.75 bits per heavy atom. The van der Waals surface area contributed by atoms with E-state index in [9.17, 15) is 19.2 Å². The highest BCUT2D eigenvalue weighted by molar-refractivity contribution is 5.90. The lowest BCUT2D eigenvalue weighted by atomic mass is 10.0. The number of hydroxylamine groups is 2. The number of nitrogens with one attached hydrogen (secondary N) is 2. The molecule has 2 saturated heterocycles. The first-order chi connectivity index (χ1) is 15.5. The number of rotatable bonds is 13. The highest BCUT2D eigenvalue weighted by atomic mass is 16.7. The molecule has 12 heteroatoms. The molecule has 2 bridgehead atoms. The molecule has 2 fully saturated rings. The van der Waals surface area contributed by atoms with Gasteiger partial charge in [0.05, 0.1) is 32.5 Å². The lowest BCUT2D eigenvalue weighted by Gasteiger charge is -2.30. The average molecular weight is 455 g/mol. The lowest BCUT2D eigenvalue weighted by Crippen LogP contribution is -2.56. The number of urea groups is 1. The number of aliphatic imine (C=N–C) groups is 1. The quantitative estimate of drug-likeness (QED) is 0.133. The monoisotopic (exact) mass is 454 g/mol. The summed E-state index contributed by atoms with van der Waals surface area (Å²) in [6.45, 7) is 5.14. The number of methoxy groups -OCH3 is 1. The third-order valence-electron chi connectivity index (χ3n) is 5.67. The molecule has 180 valence electrons. The first-order valence-corrected chi connectivity index (χ1v) is 11.0. The third kappa shape index (κ3) is 6.73. The van der Waals surface area contributed by atoms with Crippen LogP contribution in [0.2, 0.25) is 0 Å². The van der Waals surface area contributed by atoms with E-state index in [1.54, 1.807) is 4.90 Å². The first kappa shape index (κ1) is 25.7. The standard InChI is InChI=1S/C20H34N6O6/c1-4-6-9-32-26-16-7-8-17(25(11-16)20(26)30)19(29)23-22-18(28)12-24(14-31-3)15(5-2)10-21-13-27/h15-17H,4-12,14H2,1-3H3,(H,22,28)(H,23,29)/t15?,16-,17-/m0/s1. The fraction of sp³-hybridized carbons (Fsp3) is 0.800. The molecule has 2 N–H and O–H groups in total. The topological polar surface area (TPSA) is 133 Å². The fourth-order valence-electron chi connectivity index (χ4n) is 3.91. The highest BCUT2D eigenvalue weighted by Crippen LogP contribution is 2.30. The van der Waals surface area contributed by atoms with Crippen LogP contribution >= 0.6 is 0 Å². The van der Waals surface area contributed by atoms with E-state index in [4.69, 9.17) is 9.57 Å². The number of carbonyl (C=O) groups excluding carboxylic acids is 4. The minimum absolute atomic E-state index is 0.0550. The van der Waals surface area contributed by atoms with Gasteiger partial charge in [0.15, 0.2) is 0 Å². The highest BCUT2D eigenvalue weighted by Gasteiger charge is 2.47. The molecule has 12 nitrogen and oxygen atoms in total. The number of hydrogen-bond acceptors (Lipinski definition) is 8. The second-order valence-corrected chi connectivity index (χ2v) is 7.89. The van der Waals surface area contributed by atoms with Crippen LogP contribution < -0.4 is 10.9 Å². The third-order valence-corrected chi connectivity index (χ3v) is 5.67. The number of ether oxygens (including phenoxy) is 1. The zero-order chi connectivity index (χ0) is 23.5. The fourth-order valence-corrected chi connectivity index (χ4v) is 3.91. The van der Waals surface area contributed by atoms with Crippen LogP contribution in [-0.2, 0) is 24.0 Å². The summed E-state index contributed by atoms with van der Waals surface area (Å²) in [4.78, 5) is 60.5. The van der Waals surface area contributed by atoms with Crippen LogP contribution in [0, 0.1) is 0 Å². The van der Waals surface area contributed by atoms with Gasteiger partial charge in [0.1, 0.15) is 6.04 Å². The lowest BCUT2D eigenvalue weighted by molar-refractivity contribution is -0.133. The van der Waals surface area contributed by atoms with Crippen molar-refractivity contribution in [1.29, 1.82) is 0 Å². The molecule has 0 aromatic carbocycles. The molecule has 2 rings (SSSR count). The predicted octanol–water partition coefficient (Wildman–Crippen LogP) is 0.154. The summed E-state index contributed by atoms with van der Waals surface area (Å²) in [5, 5.41) is 1.39. The normalized spacial score (nSPS) is 20.8. The predicted molar refractivity (Wildman–Crippen MR) is 114 cm³/mol. The maximum Gasteiger partial charge on any atom is 0.345 e. The van der Waals surface area contributed by atoms with Gasteiger partial charge in [-0.2, -0.15) is 5.06 Å². The van der Waals surface area contributed by atoms with Crippen LogP contribution in [0.15, 0.2) is 4.99 Å². The molecule has 1 unspecified atom stereocenters. The van der Waals surface area contributed by atoms with Gasteiger partial charge in [-0.15, -0.1) is 0 Å². The van der Waals surface area contributed by atoms with Crippen molar-refractivity contribution in [2.24, 2.45) is 4.99 Å². The molecule has 0 spiro atoms. The van der Waals surface area contributed by atoms with Crippen molar-refractivity contribution in [3.63, 3.8) is 0 Å². The Morgan fingerprint density at radius 2 is 2.09 bits per heavy atom. The van der Waals surface area contributed by atoms with Crippen LogP contribution in [0.3, 0.4) is 0 Å². The first-order valence-electron chi connectivity index (χ1n) is 11.0. The Bertz CT molecular complexity index is 700. The summed E-state index contributed by atoms with van der Waals surface area (Å²) in [6, 6.07) is -1.23. The van der Waals surface area contributed by atoms with E-state index in [1.165, 1.54) is 23.2 Å². The zero-order valence-corrected chi connectivity index (χ0v) is 19.0. The van der Waals surface area contributed by atoms with Crippen LogP contribution in [0.5, 0.6) is 0 Å². The van der Waals surface area contributed by atoms with Crippen molar-refractivity contribution >= 4 is 23.9 Å². The summed E-state index contributed by atoms with van der Waals surface area (Å²) >= 11 is 0. The van der Waals surface area contributed by atoms with Crippen LogP contribution in [0.1, 0.15) is 46.0 Å². The summed E-state index contributed by atoms with van der Waals surface area (Å²) in [5.41, 5.74) is 4.83. The number of hydrogen-bond donors (Lipinski definition) is 2. The molecule has 0 aliphatic carbocycles. The van der Waals surface area contributed by atoms with Gasteiger partial charge in [-0.1, -0.05) is 20.3 Å². The van der Waals surface area contributed by atoms with Crippen LogP contribution in [0.4, 0.5) is 4.79 Å². The maximum absolute atomic E-state index is 12.7. The molecular weight excluding hydrogens is 420 g/mol. The van der Waals surface area contributed by atoms with E-state index in [0.717, 1.165) is 12.8 Å². The summed E-state index contributed by atoms with van der Waals surface area (Å²) in [7, 11) is 1.50. The molecular formula is C20H34N6O6. The van der Waals surface area contributed by atoms with Gasteiger partial charge in [-0.3, -0.25) is 30.2 Å². The molecule has 2 aliphatic rings. The average Bonchev–Trinajstić information content (AvgIpc) is 3.02. The van der Waals surface area contributed by atoms with Crippen LogP contribution in [-0.4, -0.2) is 97.0 Å².